The van der Waals surface area contributed by atoms with Gasteiger partial charge in [-0.25, -0.2) is 0 Å². The van der Waals surface area contributed by atoms with Crippen molar-refractivity contribution in [2.45, 2.75) is 174 Å². The molecular weight excluding hydrogens is 548 g/mol. The van der Waals surface area contributed by atoms with E-state index in [4.69, 9.17) is 9.47 Å². The van der Waals surface area contributed by atoms with Crippen molar-refractivity contribution < 1.29 is 24.2 Å². The number of carbonyl (C=O) groups is 2. The Morgan fingerprint density at radius 1 is 0.523 bits per heavy atom. The molecular formula is C39H68O5. The zero-order valence-corrected chi connectivity index (χ0v) is 28.7. The van der Waals surface area contributed by atoms with Crippen molar-refractivity contribution in [1.82, 2.24) is 0 Å². The summed E-state index contributed by atoms with van der Waals surface area (Å²) in [5, 5.41) is 9.51. The van der Waals surface area contributed by atoms with Crippen LogP contribution in [0.25, 0.3) is 0 Å². The zero-order valence-electron chi connectivity index (χ0n) is 28.7. The van der Waals surface area contributed by atoms with Crippen molar-refractivity contribution in [2.24, 2.45) is 0 Å². The van der Waals surface area contributed by atoms with Crippen molar-refractivity contribution in [1.29, 1.82) is 0 Å². The predicted molar refractivity (Wildman–Crippen MR) is 187 cm³/mol. The lowest BCUT2D eigenvalue weighted by molar-refractivity contribution is -0.161. The first kappa shape index (κ1) is 41.9. The number of carbonyl (C=O) groups excluding carboxylic acids is 2. The topological polar surface area (TPSA) is 72.8 Å². The van der Waals surface area contributed by atoms with Gasteiger partial charge >= 0.3 is 11.9 Å². The lowest BCUT2D eigenvalue weighted by Gasteiger charge is -2.15. The van der Waals surface area contributed by atoms with Gasteiger partial charge < -0.3 is 14.6 Å². The SMILES string of the molecule is CCCCCC/C=C\CCCCCCCC(=O)O[C@@H](CO)COC(=O)CCC/C=C\C/C=C\C/C=C\CCCCCCCC. The van der Waals surface area contributed by atoms with Gasteiger partial charge in [-0.3, -0.25) is 9.59 Å². The quantitative estimate of drug-likeness (QED) is 0.0462. The van der Waals surface area contributed by atoms with Crippen LogP contribution in [0.2, 0.25) is 0 Å². The van der Waals surface area contributed by atoms with E-state index in [-0.39, 0.29) is 25.2 Å². The molecule has 0 aromatic carbocycles. The van der Waals surface area contributed by atoms with Gasteiger partial charge in [-0.15, -0.1) is 0 Å². The molecule has 1 atom stereocenters. The maximum absolute atomic E-state index is 12.1. The van der Waals surface area contributed by atoms with Gasteiger partial charge in [0.15, 0.2) is 6.10 Å². The first-order valence-electron chi connectivity index (χ1n) is 18.2. The molecule has 0 saturated carbocycles. The Labute approximate surface area is 271 Å². The monoisotopic (exact) mass is 617 g/mol. The van der Waals surface area contributed by atoms with Gasteiger partial charge in [0.2, 0.25) is 0 Å². The molecule has 254 valence electrons. The molecule has 0 spiro atoms. The fourth-order valence-corrected chi connectivity index (χ4v) is 4.80. The van der Waals surface area contributed by atoms with E-state index < -0.39 is 6.10 Å². The van der Waals surface area contributed by atoms with Crippen LogP contribution in [0, 0.1) is 0 Å². The number of aliphatic hydroxyl groups excluding tert-OH is 1. The molecule has 44 heavy (non-hydrogen) atoms. The highest BCUT2D eigenvalue weighted by atomic mass is 16.6. The second-order valence-corrected chi connectivity index (χ2v) is 11.9. The van der Waals surface area contributed by atoms with Crippen molar-refractivity contribution in [3.8, 4) is 0 Å². The van der Waals surface area contributed by atoms with Crippen LogP contribution >= 0.6 is 0 Å². The van der Waals surface area contributed by atoms with Crippen LogP contribution in [0.15, 0.2) is 48.6 Å². The molecule has 0 unspecified atom stereocenters. The molecule has 0 fully saturated rings. The van der Waals surface area contributed by atoms with E-state index in [0.29, 0.717) is 19.3 Å². The molecule has 0 bridgehead atoms. The van der Waals surface area contributed by atoms with E-state index in [1.54, 1.807) is 0 Å². The summed E-state index contributed by atoms with van der Waals surface area (Å²) < 4.78 is 10.5. The second-order valence-electron chi connectivity index (χ2n) is 11.9. The Morgan fingerprint density at radius 2 is 0.932 bits per heavy atom. The molecule has 0 aromatic heterocycles. The van der Waals surface area contributed by atoms with Crippen LogP contribution in [-0.2, 0) is 19.1 Å². The number of allylic oxidation sites excluding steroid dienone is 8. The third kappa shape index (κ3) is 32.8. The lowest BCUT2D eigenvalue weighted by atomic mass is 10.1. The molecule has 0 aliphatic heterocycles. The van der Waals surface area contributed by atoms with Gasteiger partial charge in [0.25, 0.3) is 0 Å². The number of rotatable bonds is 32. The fourth-order valence-electron chi connectivity index (χ4n) is 4.80. The van der Waals surface area contributed by atoms with Gasteiger partial charge in [0.05, 0.1) is 6.61 Å². The summed E-state index contributed by atoms with van der Waals surface area (Å²) in [4.78, 5) is 24.1. The summed E-state index contributed by atoms with van der Waals surface area (Å²) in [7, 11) is 0. The normalized spacial score (nSPS) is 12.7. The van der Waals surface area contributed by atoms with Crippen molar-refractivity contribution in [2.75, 3.05) is 13.2 Å². The highest BCUT2D eigenvalue weighted by molar-refractivity contribution is 5.70. The minimum absolute atomic E-state index is 0.0960. The van der Waals surface area contributed by atoms with E-state index in [9.17, 15) is 14.7 Å². The zero-order chi connectivity index (χ0) is 32.2. The van der Waals surface area contributed by atoms with E-state index in [0.717, 1.165) is 44.9 Å². The summed E-state index contributed by atoms with van der Waals surface area (Å²) in [6.07, 6.45) is 43.1. The first-order valence-corrected chi connectivity index (χ1v) is 18.2. The Morgan fingerprint density at radius 3 is 1.48 bits per heavy atom. The summed E-state index contributed by atoms with van der Waals surface area (Å²) in [6, 6.07) is 0. The van der Waals surface area contributed by atoms with Crippen LogP contribution in [0.5, 0.6) is 0 Å². The number of unbranched alkanes of at least 4 members (excludes halogenated alkanes) is 16. The number of hydrogen-bond acceptors (Lipinski definition) is 5. The molecule has 5 nitrogen and oxygen atoms in total. The second kappa shape index (κ2) is 35.3. The van der Waals surface area contributed by atoms with E-state index >= 15 is 0 Å². The van der Waals surface area contributed by atoms with Crippen molar-refractivity contribution in [3.63, 3.8) is 0 Å². The number of aliphatic hydroxyl groups is 1. The molecule has 1 N–H and O–H groups in total. The van der Waals surface area contributed by atoms with Gasteiger partial charge in [-0.2, -0.15) is 0 Å². The first-order chi connectivity index (χ1) is 21.6. The van der Waals surface area contributed by atoms with Crippen LogP contribution in [0.4, 0.5) is 0 Å². The maximum atomic E-state index is 12.1. The maximum Gasteiger partial charge on any atom is 0.306 e. The number of esters is 2. The molecule has 0 aromatic rings. The average molecular weight is 617 g/mol. The minimum atomic E-state index is -0.794. The van der Waals surface area contributed by atoms with E-state index in [1.807, 2.05) is 0 Å². The highest BCUT2D eigenvalue weighted by Crippen LogP contribution is 2.11. The Hall–Kier alpha value is -2.14. The largest absolute Gasteiger partial charge is 0.462 e. The third-order valence-electron chi connectivity index (χ3n) is 7.60. The Kier molecular flexibility index (Phi) is 33.6. The third-order valence-corrected chi connectivity index (χ3v) is 7.60. The van der Waals surface area contributed by atoms with Gasteiger partial charge in [-0.05, 0) is 70.6 Å². The van der Waals surface area contributed by atoms with E-state index in [2.05, 4.69) is 62.5 Å². The van der Waals surface area contributed by atoms with Gasteiger partial charge in [-0.1, -0.05) is 133 Å². The highest BCUT2D eigenvalue weighted by Gasteiger charge is 2.15. The average Bonchev–Trinajstić information content (AvgIpc) is 3.02. The van der Waals surface area contributed by atoms with Crippen LogP contribution in [0.1, 0.15) is 168 Å². The summed E-state index contributed by atoms with van der Waals surface area (Å²) in [5.41, 5.74) is 0. The van der Waals surface area contributed by atoms with Crippen LogP contribution in [0.3, 0.4) is 0 Å². The molecule has 0 amide bonds. The number of hydrogen-bond donors (Lipinski definition) is 1. The molecule has 0 aliphatic rings. The Bertz CT molecular complexity index is 752. The van der Waals surface area contributed by atoms with Crippen LogP contribution < -0.4 is 0 Å². The van der Waals surface area contributed by atoms with Crippen molar-refractivity contribution >= 4 is 11.9 Å². The lowest BCUT2D eigenvalue weighted by Crippen LogP contribution is -2.28. The molecule has 0 heterocycles. The van der Waals surface area contributed by atoms with E-state index in [1.165, 1.54) is 89.9 Å². The molecule has 0 rings (SSSR count). The molecule has 0 aliphatic carbocycles. The smallest absolute Gasteiger partial charge is 0.306 e. The standard InChI is InChI=1S/C39H68O5/c1-3-5-7-9-11-13-15-17-18-19-20-22-23-25-27-29-31-33-38(41)43-36-37(35-40)44-39(42)34-32-30-28-26-24-21-16-14-12-10-8-6-4-2/h14,16-18,20,22,25,27,37,40H,3-13,15,19,21,23-24,26,28-36H2,1-2H3/b16-14-,18-17-,22-20-,27-25-/t37-/m0/s1. The minimum Gasteiger partial charge on any atom is -0.462 e. The van der Waals surface area contributed by atoms with Crippen LogP contribution in [-0.4, -0.2) is 36.4 Å². The van der Waals surface area contributed by atoms with Gasteiger partial charge in [0, 0.05) is 12.8 Å². The van der Waals surface area contributed by atoms with Gasteiger partial charge in [0.1, 0.15) is 6.61 Å². The molecule has 0 radical (unpaired) electrons. The summed E-state index contributed by atoms with van der Waals surface area (Å²) in [5.74, 6) is -0.665. The number of ether oxygens (including phenoxy) is 2. The summed E-state index contributed by atoms with van der Waals surface area (Å²) >= 11 is 0. The Balaban J connectivity index is 3.69. The molecule has 5 heteroatoms. The predicted octanol–water partition coefficient (Wildman–Crippen LogP) is 11.1. The summed E-state index contributed by atoms with van der Waals surface area (Å²) in [6.45, 7) is 4.05. The molecule has 0 saturated heterocycles. The van der Waals surface area contributed by atoms with Crippen molar-refractivity contribution in [3.05, 3.63) is 48.6 Å². The fraction of sp³-hybridized carbons (Fsp3) is 0.744.